The van der Waals surface area contributed by atoms with Gasteiger partial charge in [0.25, 0.3) is 0 Å². The summed E-state index contributed by atoms with van der Waals surface area (Å²) < 4.78 is 5.19. The topological polar surface area (TPSA) is 48.1 Å². The van der Waals surface area contributed by atoms with Gasteiger partial charge in [-0.15, -0.1) is 0 Å². The lowest BCUT2D eigenvalue weighted by Crippen LogP contribution is -2.13. The lowest BCUT2D eigenvalue weighted by Gasteiger charge is -2.14. The second kappa shape index (κ2) is 5.17. The minimum Gasteiger partial charge on any atom is -0.481 e. The monoisotopic (exact) mass is 248 g/mol. The zero-order chi connectivity index (χ0) is 12.3. The molecule has 0 aliphatic heterocycles. The van der Waals surface area contributed by atoms with Crippen molar-refractivity contribution >= 4 is 11.6 Å². The van der Waals surface area contributed by atoms with Gasteiger partial charge in [-0.05, 0) is 23.8 Å². The number of nitrogens with zero attached hydrogens (tertiary/aromatic N) is 1. The summed E-state index contributed by atoms with van der Waals surface area (Å²) in [5.74, 6) is 0.551. The first-order chi connectivity index (χ1) is 8.22. The van der Waals surface area contributed by atoms with E-state index in [4.69, 9.17) is 22.1 Å². The van der Waals surface area contributed by atoms with Gasteiger partial charge in [-0.1, -0.05) is 29.8 Å². The summed E-state index contributed by atoms with van der Waals surface area (Å²) >= 11 is 5.84. The van der Waals surface area contributed by atoms with E-state index in [1.165, 1.54) is 0 Å². The second-order valence-electron chi connectivity index (χ2n) is 3.63. The SMILES string of the molecule is COc1ncccc1C(N)c1ccc(Cl)cc1. The van der Waals surface area contributed by atoms with Crippen LogP contribution in [0, 0.1) is 0 Å². The molecule has 0 spiro atoms. The van der Waals surface area contributed by atoms with Gasteiger partial charge in [0.15, 0.2) is 0 Å². The van der Waals surface area contributed by atoms with Gasteiger partial charge in [0.05, 0.1) is 13.2 Å². The van der Waals surface area contributed by atoms with E-state index >= 15 is 0 Å². The maximum Gasteiger partial charge on any atom is 0.218 e. The van der Waals surface area contributed by atoms with E-state index in [-0.39, 0.29) is 6.04 Å². The average Bonchev–Trinajstić information content (AvgIpc) is 2.39. The molecule has 17 heavy (non-hydrogen) atoms. The molecule has 0 amide bonds. The normalized spacial score (nSPS) is 12.2. The molecule has 0 aliphatic rings. The average molecular weight is 249 g/mol. The van der Waals surface area contributed by atoms with Crippen LogP contribution in [0.25, 0.3) is 0 Å². The number of methoxy groups -OCH3 is 1. The maximum absolute atomic E-state index is 6.18. The summed E-state index contributed by atoms with van der Waals surface area (Å²) in [4.78, 5) is 4.13. The predicted octanol–water partition coefficient (Wildman–Crippen LogP) is 2.79. The molecule has 88 valence electrons. The summed E-state index contributed by atoms with van der Waals surface area (Å²) in [5.41, 5.74) is 8.01. The van der Waals surface area contributed by atoms with Crippen LogP contribution in [0.1, 0.15) is 17.2 Å². The van der Waals surface area contributed by atoms with Crippen LogP contribution in [0.3, 0.4) is 0 Å². The van der Waals surface area contributed by atoms with Gasteiger partial charge >= 0.3 is 0 Å². The Balaban J connectivity index is 2.36. The lowest BCUT2D eigenvalue weighted by molar-refractivity contribution is 0.390. The highest BCUT2D eigenvalue weighted by Gasteiger charge is 2.14. The Morgan fingerprint density at radius 3 is 2.59 bits per heavy atom. The van der Waals surface area contributed by atoms with E-state index < -0.39 is 0 Å². The molecule has 1 atom stereocenters. The molecule has 4 heteroatoms. The molecular weight excluding hydrogens is 236 g/mol. The van der Waals surface area contributed by atoms with Gasteiger partial charge in [-0.25, -0.2) is 4.98 Å². The van der Waals surface area contributed by atoms with Crippen LogP contribution in [0.2, 0.25) is 5.02 Å². The van der Waals surface area contributed by atoms with E-state index in [0.29, 0.717) is 10.9 Å². The number of halogens is 1. The van der Waals surface area contributed by atoms with E-state index in [0.717, 1.165) is 11.1 Å². The third-order valence-corrected chi connectivity index (χ3v) is 2.81. The molecule has 0 aliphatic carbocycles. The van der Waals surface area contributed by atoms with E-state index in [1.54, 1.807) is 13.3 Å². The molecule has 1 aromatic carbocycles. The summed E-state index contributed by atoms with van der Waals surface area (Å²) in [6.07, 6.45) is 1.68. The highest BCUT2D eigenvalue weighted by atomic mass is 35.5. The van der Waals surface area contributed by atoms with Gasteiger partial charge in [0.2, 0.25) is 5.88 Å². The van der Waals surface area contributed by atoms with Crippen LogP contribution in [0.15, 0.2) is 42.6 Å². The Hall–Kier alpha value is -1.58. The largest absolute Gasteiger partial charge is 0.481 e. The summed E-state index contributed by atoms with van der Waals surface area (Å²) in [6.45, 7) is 0. The van der Waals surface area contributed by atoms with Crippen molar-refractivity contribution < 1.29 is 4.74 Å². The van der Waals surface area contributed by atoms with Crippen molar-refractivity contribution in [3.05, 3.63) is 58.7 Å². The van der Waals surface area contributed by atoms with Crippen molar-refractivity contribution in [3.63, 3.8) is 0 Å². The smallest absolute Gasteiger partial charge is 0.218 e. The molecule has 0 saturated carbocycles. The fourth-order valence-corrected chi connectivity index (χ4v) is 1.79. The fourth-order valence-electron chi connectivity index (χ4n) is 1.66. The molecule has 0 fully saturated rings. The predicted molar refractivity (Wildman–Crippen MR) is 68.3 cm³/mol. The number of nitrogens with two attached hydrogens (primary N) is 1. The Kier molecular flexibility index (Phi) is 3.61. The molecule has 0 radical (unpaired) electrons. The number of rotatable bonds is 3. The van der Waals surface area contributed by atoms with Crippen LogP contribution in [0.5, 0.6) is 5.88 Å². The second-order valence-corrected chi connectivity index (χ2v) is 4.07. The number of hydrogen-bond acceptors (Lipinski definition) is 3. The molecule has 1 heterocycles. The van der Waals surface area contributed by atoms with Crippen molar-refractivity contribution in [1.82, 2.24) is 4.98 Å². The Labute approximate surface area is 105 Å². The zero-order valence-electron chi connectivity index (χ0n) is 9.43. The molecule has 1 unspecified atom stereocenters. The highest BCUT2D eigenvalue weighted by molar-refractivity contribution is 6.30. The van der Waals surface area contributed by atoms with E-state index in [2.05, 4.69) is 4.98 Å². The molecular formula is C13H13ClN2O. The quantitative estimate of drug-likeness (QED) is 0.909. The van der Waals surface area contributed by atoms with Crippen LogP contribution >= 0.6 is 11.6 Å². The zero-order valence-corrected chi connectivity index (χ0v) is 10.2. The van der Waals surface area contributed by atoms with Gasteiger partial charge in [-0.3, -0.25) is 0 Å². The molecule has 2 N–H and O–H groups in total. The maximum atomic E-state index is 6.18. The van der Waals surface area contributed by atoms with Gasteiger partial charge < -0.3 is 10.5 Å². The third kappa shape index (κ3) is 2.57. The highest BCUT2D eigenvalue weighted by Crippen LogP contribution is 2.26. The van der Waals surface area contributed by atoms with Crippen LogP contribution in [-0.4, -0.2) is 12.1 Å². The van der Waals surface area contributed by atoms with Crippen molar-refractivity contribution in [1.29, 1.82) is 0 Å². The number of aromatic nitrogens is 1. The summed E-state index contributed by atoms with van der Waals surface area (Å²) in [7, 11) is 1.58. The van der Waals surface area contributed by atoms with Gasteiger partial charge in [0, 0.05) is 16.8 Å². The van der Waals surface area contributed by atoms with Crippen LogP contribution in [0.4, 0.5) is 0 Å². The molecule has 3 nitrogen and oxygen atoms in total. The molecule has 2 rings (SSSR count). The lowest BCUT2D eigenvalue weighted by atomic mass is 10.0. The number of hydrogen-bond donors (Lipinski definition) is 1. The number of ether oxygens (including phenoxy) is 1. The molecule has 2 aromatic rings. The minimum atomic E-state index is -0.268. The van der Waals surface area contributed by atoms with Gasteiger partial charge in [-0.2, -0.15) is 0 Å². The van der Waals surface area contributed by atoms with Crippen molar-refractivity contribution in [2.45, 2.75) is 6.04 Å². The Morgan fingerprint density at radius 1 is 1.24 bits per heavy atom. The third-order valence-electron chi connectivity index (χ3n) is 2.56. The standard InChI is InChI=1S/C13H13ClN2O/c1-17-13-11(3-2-8-16-13)12(15)9-4-6-10(14)7-5-9/h2-8,12H,15H2,1H3. The first-order valence-corrected chi connectivity index (χ1v) is 5.60. The first kappa shape index (κ1) is 11.9. The van der Waals surface area contributed by atoms with Crippen LogP contribution < -0.4 is 10.5 Å². The van der Waals surface area contributed by atoms with Gasteiger partial charge in [0.1, 0.15) is 0 Å². The Morgan fingerprint density at radius 2 is 1.94 bits per heavy atom. The molecule has 0 bridgehead atoms. The number of pyridine rings is 1. The summed E-state index contributed by atoms with van der Waals surface area (Å²) in [6, 6.07) is 10.9. The number of benzene rings is 1. The van der Waals surface area contributed by atoms with Crippen molar-refractivity contribution in [3.8, 4) is 5.88 Å². The Bertz CT molecular complexity index is 499. The molecule has 1 aromatic heterocycles. The summed E-state index contributed by atoms with van der Waals surface area (Å²) in [5, 5.41) is 0.694. The van der Waals surface area contributed by atoms with Crippen molar-refractivity contribution in [2.24, 2.45) is 5.73 Å². The minimum absolute atomic E-state index is 0.268. The van der Waals surface area contributed by atoms with Crippen molar-refractivity contribution in [2.75, 3.05) is 7.11 Å². The fraction of sp³-hybridized carbons (Fsp3) is 0.154. The van der Waals surface area contributed by atoms with E-state index in [1.807, 2.05) is 36.4 Å². The van der Waals surface area contributed by atoms with Crippen LogP contribution in [-0.2, 0) is 0 Å². The molecule has 0 saturated heterocycles. The van der Waals surface area contributed by atoms with E-state index in [9.17, 15) is 0 Å². The first-order valence-electron chi connectivity index (χ1n) is 5.22.